The number of carbonyl (C=O) groups excluding carboxylic acids is 1. The lowest BCUT2D eigenvalue weighted by molar-refractivity contribution is -0.113. The van der Waals surface area contributed by atoms with E-state index in [1.165, 1.54) is 0 Å². The van der Waals surface area contributed by atoms with Crippen molar-refractivity contribution in [3.05, 3.63) is 0 Å². The molecule has 0 aromatic heterocycles. The van der Waals surface area contributed by atoms with Crippen LogP contribution in [0.5, 0.6) is 0 Å². The summed E-state index contributed by atoms with van der Waals surface area (Å²) in [6.07, 6.45) is 2.09. The van der Waals surface area contributed by atoms with Crippen LogP contribution in [-0.4, -0.2) is 20.0 Å². The predicted molar refractivity (Wildman–Crippen MR) is 57.3 cm³/mol. The van der Waals surface area contributed by atoms with Crippen molar-refractivity contribution in [2.24, 2.45) is 5.92 Å². The molecule has 0 aromatic carbocycles. The molecule has 0 spiro atoms. The highest BCUT2D eigenvalue weighted by Gasteiger charge is 2.21. The second-order valence-corrected chi connectivity index (χ2v) is 4.92. The third kappa shape index (κ3) is 2.61. The van der Waals surface area contributed by atoms with Gasteiger partial charge in [0.05, 0.1) is 0 Å². The Morgan fingerprint density at radius 3 is 2.30 bits per heavy atom. The van der Waals surface area contributed by atoms with Gasteiger partial charge in [0.1, 0.15) is 0 Å². The van der Waals surface area contributed by atoms with Crippen molar-refractivity contribution >= 4 is 49.2 Å². The molecule has 1 fully saturated rings. The van der Waals surface area contributed by atoms with E-state index in [0.29, 0.717) is 9.71 Å². The van der Waals surface area contributed by atoms with Crippen LogP contribution in [-0.2, 0) is 4.79 Å². The zero-order valence-corrected chi connectivity index (χ0v) is 9.83. The van der Waals surface area contributed by atoms with Gasteiger partial charge >= 0.3 is 0 Å². The molecule has 1 aliphatic rings. The first kappa shape index (κ1) is 9.18. The molecular weight excluding hydrogens is 356 g/mol. The predicted octanol–water partition coefficient (Wildman–Crippen LogP) is 2.01. The molecule has 1 heterocycles. The van der Waals surface area contributed by atoms with Crippen LogP contribution in [0.1, 0.15) is 12.8 Å². The van der Waals surface area contributed by atoms with E-state index in [1.807, 2.05) is 22.6 Å². The van der Waals surface area contributed by atoms with Gasteiger partial charge in [-0.1, -0.05) is 0 Å². The Morgan fingerprint density at radius 2 is 1.90 bits per heavy atom. The molecule has 0 N–H and O–H groups in total. The molecule has 0 radical (unpaired) electrons. The average molecular weight is 365 g/mol. The van der Waals surface area contributed by atoms with E-state index in [4.69, 9.17) is 0 Å². The number of carbonyl (C=O) groups is 1. The highest BCUT2D eigenvalue weighted by atomic mass is 127. The number of hydrogen-bond donors (Lipinski definition) is 0. The largest absolute Gasteiger partial charge is 0.287 e. The Kier molecular flexibility index (Phi) is 3.86. The first-order chi connectivity index (χ1) is 4.70. The molecule has 0 saturated carbocycles. The molecule has 1 aliphatic heterocycles. The van der Waals surface area contributed by atoms with Crippen molar-refractivity contribution in [2.45, 2.75) is 12.8 Å². The molecule has 0 amide bonds. The van der Waals surface area contributed by atoms with Crippen LogP contribution in [0.3, 0.4) is 0 Å². The lowest BCUT2D eigenvalue weighted by atomic mass is 10.0. The first-order valence-electron chi connectivity index (χ1n) is 3.30. The van der Waals surface area contributed by atoms with E-state index in [9.17, 15) is 4.79 Å². The van der Waals surface area contributed by atoms with Crippen molar-refractivity contribution in [3.8, 4) is 0 Å². The van der Waals surface area contributed by atoms with Crippen LogP contribution < -0.4 is 0 Å². The van der Waals surface area contributed by atoms with Gasteiger partial charge in [-0.25, -0.2) is 3.11 Å². The summed E-state index contributed by atoms with van der Waals surface area (Å²) in [5, 5.41) is 0. The second-order valence-electron chi connectivity index (χ2n) is 2.49. The summed E-state index contributed by atoms with van der Waals surface area (Å²) in [6.45, 7) is 2.14. The van der Waals surface area contributed by atoms with Crippen molar-refractivity contribution in [3.63, 3.8) is 0 Å². The molecule has 0 bridgehead atoms. The summed E-state index contributed by atoms with van der Waals surface area (Å²) < 4.78 is 2.58. The van der Waals surface area contributed by atoms with E-state index < -0.39 is 0 Å². The number of piperidine rings is 1. The lowest BCUT2D eigenvalue weighted by Gasteiger charge is -2.24. The first-order valence-corrected chi connectivity index (χ1v) is 5.34. The molecule has 0 atom stereocenters. The molecule has 0 aromatic rings. The summed E-state index contributed by atoms with van der Waals surface area (Å²) in [5.41, 5.74) is 0. The SMILES string of the molecule is O=C(I)C1CCN(I)CC1. The fourth-order valence-electron chi connectivity index (χ4n) is 1.07. The Bertz CT molecular complexity index is 132. The fourth-order valence-corrected chi connectivity index (χ4v) is 2.25. The zero-order valence-electron chi connectivity index (χ0n) is 5.52. The minimum atomic E-state index is 0.335. The van der Waals surface area contributed by atoms with Gasteiger partial charge in [-0.15, -0.1) is 0 Å². The van der Waals surface area contributed by atoms with E-state index in [1.54, 1.807) is 0 Å². The van der Waals surface area contributed by atoms with Crippen LogP contribution in [0.4, 0.5) is 0 Å². The van der Waals surface area contributed by atoms with Crippen LogP contribution in [0, 0.1) is 5.92 Å². The molecule has 1 saturated heterocycles. The van der Waals surface area contributed by atoms with E-state index >= 15 is 0 Å². The summed E-state index contributed by atoms with van der Waals surface area (Å²) >= 11 is 4.22. The molecule has 1 rings (SSSR count). The number of rotatable bonds is 1. The molecule has 0 aliphatic carbocycles. The topological polar surface area (TPSA) is 20.3 Å². The average Bonchev–Trinajstić information content (AvgIpc) is 1.88. The molecular formula is C6H9I2NO. The summed E-state index contributed by atoms with van der Waals surface area (Å²) in [7, 11) is 0. The van der Waals surface area contributed by atoms with Crippen molar-refractivity contribution in [1.29, 1.82) is 0 Å². The van der Waals surface area contributed by atoms with Gasteiger partial charge in [0.15, 0.2) is 3.79 Å². The minimum absolute atomic E-state index is 0.335. The van der Waals surface area contributed by atoms with E-state index in [2.05, 4.69) is 26.0 Å². The van der Waals surface area contributed by atoms with E-state index in [-0.39, 0.29) is 0 Å². The maximum absolute atomic E-state index is 10.9. The Morgan fingerprint density at radius 1 is 1.40 bits per heavy atom. The van der Waals surface area contributed by atoms with Crippen LogP contribution in [0.25, 0.3) is 0 Å². The van der Waals surface area contributed by atoms with Gasteiger partial charge in [0.2, 0.25) is 0 Å². The van der Waals surface area contributed by atoms with E-state index in [0.717, 1.165) is 25.9 Å². The van der Waals surface area contributed by atoms with Crippen LogP contribution in [0.2, 0.25) is 0 Å². The quantitative estimate of drug-likeness (QED) is 0.403. The Balaban J connectivity index is 2.33. The normalized spacial score (nSPS) is 23.0. The summed E-state index contributed by atoms with van der Waals surface area (Å²) in [4.78, 5) is 10.9. The molecule has 10 heavy (non-hydrogen) atoms. The van der Waals surface area contributed by atoms with Crippen LogP contribution in [0.15, 0.2) is 0 Å². The molecule has 4 heteroatoms. The molecule has 58 valence electrons. The zero-order chi connectivity index (χ0) is 7.56. The van der Waals surface area contributed by atoms with Crippen LogP contribution >= 0.6 is 45.5 Å². The fraction of sp³-hybridized carbons (Fsp3) is 0.833. The van der Waals surface area contributed by atoms with Crippen molar-refractivity contribution < 1.29 is 4.79 Å². The third-order valence-electron chi connectivity index (χ3n) is 1.76. The third-order valence-corrected chi connectivity index (χ3v) is 3.61. The Labute approximate surface area is 88.4 Å². The summed E-state index contributed by atoms with van der Waals surface area (Å²) in [5.74, 6) is 0.339. The minimum Gasteiger partial charge on any atom is -0.287 e. The lowest BCUT2D eigenvalue weighted by Crippen LogP contribution is -2.28. The van der Waals surface area contributed by atoms with Gasteiger partial charge < -0.3 is 0 Å². The monoisotopic (exact) mass is 365 g/mol. The number of hydrogen-bond acceptors (Lipinski definition) is 2. The van der Waals surface area contributed by atoms with Gasteiger partial charge in [-0.3, -0.25) is 4.79 Å². The highest BCUT2D eigenvalue weighted by Crippen LogP contribution is 2.22. The second kappa shape index (κ2) is 4.20. The Hall–Kier alpha value is 1.09. The smallest absolute Gasteiger partial charge is 0.195 e. The maximum Gasteiger partial charge on any atom is 0.195 e. The standard InChI is InChI=1S/C6H9I2NO/c7-6(10)5-1-3-9(8)4-2-5/h5H,1-4H2. The summed E-state index contributed by atoms with van der Waals surface area (Å²) in [6, 6.07) is 0. The van der Waals surface area contributed by atoms with Gasteiger partial charge in [0.25, 0.3) is 0 Å². The molecule has 2 nitrogen and oxygen atoms in total. The van der Waals surface area contributed by atoms with Gasteiger partial charge in [-0.2, -0.15) is 0 Å². The number of nitrogens with zero attached hydrogens (tertiary/aromatic N) is 1. The van der Waals surface area contributed by atoms with Crippen molar-refractivity contribution in [2.75, 3.05) is 13.1 Å². The van der Waals surface area contributed by atoms with Gasteiger partial charge in [-0.05, 0) is 35.4 Å². The number of halogens is 2. The van der Waals surface area contributed by atoms with Gasteiger partial charge in [0, 0.05) is 41.9 Å². The molecule has 0 unspecified atom stereocenters. The van der Waals surface area contributed by atoms with Crippen molar-refractivity contribution in [1.82, 2.24) is 3.11 Å². The maximum atomic E-state index is 10.9. The highest BCUT2D eigenvalue weighted by molar-refractivity contribution is 14.1.